The van der Waals surface area contributed by atoms with Gasteiger partial charge in [0.2, 0.25) is 0 Å². The normalized spacial score (nSPS) is 16.2. The van der Waals surface area contributed by atoms with Gasteiger partial charge in [0.15, 0.2) is 11.0 Å². The van der Waals surface area contributed by atoms with Crippen molar-refractivity contribution in [2.24, 2.45) is 7.05 Å². The van der Waals surface area contributed by atoms with E-state index in [2.05, 4.69) is 31.8 Å². The van der Waals surface area contributed by atoms with Crippen LogP contribution in [0.1, 0.15) is 0 Å². The molecular formula is C15H20N4OS. The summed E-state index contributed by atoms with van der Waals surface area (Å²) in [4.78, 5) is 2.44. The van der Waals surface area contributed by atoms with Crippen LogP contribution >= 0.6 is 11.8 Å². The SMILES string of the molecule is Cn1c(SCCN2CCOCC2)nnc1-c1ccccc1. The first-order chi connectivity index (χ1) is 10.3. The van der Waals surface area contributed by atoms with E-state index in [-0.39, 0.29) is 0 Å². The smallest absolute Gasteiger partial charge is 0.191 e. The zero-order valence-electron chi connectivity index (χ0n) is 12.2. The maximum atomic E-state index is 5.36. The summed E-state index contributed by atoms with van der Waals surface area (Å²) in [7, 11) is 2.03. The van der Waals surface area contributed by atoms with E-state index in [9.17, 15) is 0 Å². The van der Waals surface area contributed by atoms with E-state index in [1.54, 1.807) is 11.8 Å². The molecule has 1 saturated heterocycles. The van der Waals surface area contributed by atoms with Crippen molar-refractivity contribution >= 4 is 11.8 Å². The zero-order valence-corrected chi connectivity index (χ0v) is 13.1. The fourth-order valence-corrected chi connectivity index (χ4v) is 3.28. The van der Waals surface area contributed by atoms with Gasteiger partial charge in [-0.15, -0.1) is 10.2 Å². The van der Waals surface area contributed by atoms with Gasteiger partial charge in [-0.25, -0.2) is 0 Å². The van der Waals surface area contributed by atoms with Gasteiger partial charge in [0.25, 0.3) is 0 Å². The first-order valence-electron chi connectivity index (χ1n) is 7.22. The van der Waals surface area contributed by atoms with E-state index >= 15 is 0 Å². The molecule has 0 unspecified atom stereocenters. The van der Waals surface area contributed by atoms with E-state index in [0.717, 1.165) is 55.1 Å². The second kappa shape index (κ2) is 7.06. The highest BCUT2D eigenvalue weighted by molar-refractivity contribution is 7.99. The van der Waals surface area contributed by atoms with E-state index in [1.807, 2.05) is 25.2 Å². The van der Waals surface area contributed by atoms with Crippen molar-refractivity contribution in [1.29, 1.82) is 0 Å². The lowest BCUT2D eigenvalue weighted by atomic mass is 10.2. The van der Waals surface area contributed by atoms with Crippen LogP contribution in [0, 0.1) is 0 Å². The molecule has 0 radical (unpaired) electrons. The molecule has 0 aliphatic carbocycles. The lowest BCUT2D eigenvalue weighted by molar-refractivity contribution is 0.0410. The van der Waals surface area contributed by atoms with Crippen molar-refractivity contribution in [2.75, 3.05) is 38.6 Å². The van der Waals surface area contributed by atoms with Gasteiger partial charge in [0, 0.05) is 38.0 Å². The molecule has 0 saturated carbocycles. The Labute approximate surface area is 129 Å². The molecule has 0 N–H and O–H groups in total. The highest BCUT2D eigenvalue weighted by Crippen LogP contribution is 2.22. The third-order valence-corrected chi connectivity index (χ3v) is 4.61. The van der Waals surface area contributed by atoms with E-state index < -0.39 is 0 Å². The molecule has 1 fully saturated rings. The van der Waals surface area contributed by atoms with Gasteiger partial charge in [0.1, 0.15) is 0 Å². The maximum Gasteiger partial charge on any atom is 0.191 e. The molecule has 21 heavy (non-hydrogen) atoms. The van der Waals surface area contributed by atoms with Gasteiger partial charge in [-0.3, -0.25) is 4.90 Å². The Bertz CT molecular complexity index is 566. The minimum atomic E-state index is 0.854. The molecule has 0 spiro atoms. The molecule has 5 nitrogen and oxygen atoms in total. The molecule has 0 amide bonds. The number of nitrogens with zero attached hydrogens (tertiary/aromatic N) is 4. The summed E-state index contributed by atoms with van der Waals surface area (Å²) >= 11 is 1.76. The van der Waals surface area contributed by atoms with Crippen molar-refractivity contribution in [3.63, 3.8) is 0 Å². The summed E-state index contributed by atoms with van der Waals surface area (Å²) < 4.78 is 7.43. The van der Waals surface area contributed by atoms with Crippen LogP contribution in [-0.4, -0.2) is 58.3 Å². The van der Waals surface area contributed by atoms with Crippen LogP contribution in [0.3, 0.4) is 0 Å². The Morgan fingerprint density at radius 2 is 1.90 bits per heavy atom. The van der Waals surface area contributed by atoms with Gasteiger partial charge in [-0.05, 0) is 0 Å². The third-order valence-electron chi connectivity index (χ3n) is 3.61. The van der Waals surface area contributed by atoms with Crippen molar-refractivity contribution in [2.45, 2.75) is 5.16 Å². The number of benzene rings is 1. The Kier molecular flexibility index (Phi) is 4.90. The number of rotatable bonds is 5. The van der Waals surface area contributed by atoms with E-state index in [0.29, 0.717) is 0 Å². The first-order valence-corrected chi connectivity index (χ1v) is 8.21. The average Bonchev–Trinajstić information content (AvgIpc) is 2.90. The van der Waals surface area contributed by atoms with Crippen LogP contribution in [0.5, 0.6) is 0 Å². The lowest BCUT2D eigenvalue weighted by Gasteiger charge is -2.26. The van der Waals surface area contributed by atoms with Crippen LogP contribution in [0.25, 0.3) is 11.4 Å². The molecule has 1 aromatic carbocycles. The molecule has 3 rings (SSSR count). The van der Waals surface area contributed by atoms with Crippen LogP contribution < -0.4 is 0 Å². The molecule has 2 heterocycles. The van der Waals surface area contributed by atoms with Crippen molar-refractivity contribution in [3.8, 4) is 11.4 Å². The number of ether oxygens (including phenoxy) is 1. The summed E-state index contributed by atoms with van der Waals surface area (Å²) in [5.41, 5.74) is 1.10. The first kappa shape index (κ1) is 14.6. The lowest BCUT2D eigenvalue weighted by Crippen LogP contribution is -2.37. The molecule has 2 aromatic rings. The van der Waals surface area contributed by atoms with Gasteiger partial charge >= 0.3 is 0 Å². The second-order valence-electron chi connectivity index (χ2n) is 5.03. The van der Waals surface area contributed by atoms with Crippen LogP contribution in [-0.2, 0) is 11.8 Å². The molecular weight excluding hydrogens is 284 g/mol. The minimum absolute atomic E-state index is 0.854. The molecule has 1 aliphatic heterocycles. The van der Waals surface area contributed by atoms with Gasteiger partial charge in [0.05, 0.1) is 13.2 Å². The van der Waals surface area contributed by atoms with Crippen molar-refractivity contribution in [1.82, 2.24) is 19.7 Å². The zero-order chi connectivity index (χ0) is 14.5. The highest BCUT2D eigenvalue weighted by Gasteiger charge is 2.13. The maximum absolute atomic E-state index is 5.36. The van der Waals surface area contributed by atoms with Crippen LogP contribution in [0.2, 0.25) is 0 Å². The quantitative estimate of drug-likeness (QED) is 0.790. The predicted octanol–water partition coefficient (Wildman–Crippen LogP) is 1.91. The number of hydrogen-bond acceptors (Lipinski definition) is 5. The fraction of sp³-hybridized carbons (Fsp3) is 0.467. The third kappa shape index (κ3) is 3.64. The topological polar surface area (TPSA) is 43.2 Å². The molecule has 0 bridgehead atoms. The molecule has 0 atom stereocenters. The number of aromatic nitrogens is 3. The van der Waals surface area contributed by atoms with Crippen LogP contribution in [0.4, 0.5) is 0 Å². The second-order valence-corrected chi connectivity index (χ2v) is 6.10. The molecule has 1 aromatic heterocycles. The summed E-state index contributed by atoms with van der Waals surface area (Å²) in [5.74, 6) is 1.95. The van der Waals surface area contributed by atoms with Gasteiger partial charge in [-0.2, -0.15) is 0 Å². The Hall–Kier alpha value is -1.37. The largest absolute Gasteiger partial charge is 0.379 e. The Morgan fingerprint density at radius 1 is 1.14 bits per heavy atom. The summed E-state index contributed by atoms with van der Waals surface area (Å²) in [6, 6.07) is 10.2. The Morgan fingerprint density at radius 3 is 2.67 bits per heavy atom. The minimum Gasteiger partial charge on any atom is -0.379 e. The molecule has 6 heteroatoms. The average molecular weight is 304 g/mol. The van der Waals surface area contributed by atoms with E-state index in [1.165, 1.54) is 0 Å². The van der Waals surface area contributed by atoms with E-state index in [4.69, 9.17) is 4.74 Å². The fourth-order valence-electron chi connectivity index (χ4n) is 2.37. The molecule has 112 valence electrons. The van der Waals surface area contributed by atoms with Gasteiger partial charge in [-0.1, -0.05) is 42.1 Å². The monoisotopic (exact) mass is 304 g/mol. The summed E-state index contributed by atoms with van der Waals surface area (Å²) in [5, 5.41) is 9.59. The van der Waals surface area contributed by atoms with Gasteiger partial charge < -0.3 is 9.30 Å². The standard InChI is InChI=1S/C15H20N4OS/c1-18-14(13-5-3-2-4-6-13)16-17-15(18)21-12-9-19-7-10-20-11-8-19/h2-6H,7-12H2,1H3. The summed E-state index contributed by atoms with van der Waals surface area (Å²) in [6.45, 7) is 4.85. The summed E-state index contributed by atoms with van der Waals surface area (Å²) in [6.07, 6.45) is 0. The predicted molar refractivity (Wildman–Crippen MR) is 84.4 cm³/mol. The highest BCUT2D eigenvalue weighted by atomic mass is 32.2. The number of thioether (sulfide) groups is 1. The Balaban J connectivity index is 1.58. The number of hydrogen-bond donors (Lipinski definition) is 0. The van der Waals surface area contributed by atoms with Crippen molar-refractivity contribution in [3.05, 3.63) is 30.3 Å². The molecule has 1 aliphatic rings. The van der Waals surface area contributed by atoms with Crippen molar-refractivity contribution < 1.29 is 4.74 Å². The number of morpholine rings is 1. The van der Waals surface area contributed by atoms with Crippen LogP contribution in [0.15, 0.2) is 35.5 Å².